The van der Waals surface area contributed by atoms with E-state index in [4.69, 9.17) is 10.2 Å². The highest BCUT2D eigenvalue weighted by atomic mass is 16.3. The summed E-state index contributed by atoms with van der Waals surface area (Å²) in [5.74, 6) is 1.08. The highest BCUT2D eigenvalue weighted by Gasteiger charge is 2.20. The molecular formula is C15H23NO2. The Balaban J connectivity index is 2.75. The Morgan fingerprint density at radius 2 is 2.33 bits per heavy atom. The molecule has 0 radical (unpaired) electrons. The van der Waals surface area contributed by atoms with E-state index < -0.39 is 0 Å². The second kappa shape index (κ2) is 7.88. The van der Waals surface area contributed by atoms with Crippen LogP contribution in [0.1, 0.15) is 56.3 Å². The molecule has 0 saturated carbocycles. The summed E-state index contributed by atoms with van der Waals surface area (Å²) in [5.41, 5.74) is 6.69. The first-order valence-electron chi connectivity index (χ1n) is 6.64. The molecule has 18 heavy (non-hydrogen) atoms. The van der Waals surface area contributed by atoms with E-state index in [1.54, 1.807) is 6.26 Å². The maximum absolute atomic E-state index is 11.6. The molecule has 2 N–H and O–H groups in total. The van der Waals surface area contributed by atoms with Gasteiger partial charge in [0.2, 0.25) is 0 Å². The summed E-state index contributed by atoms with van der Waals surface area (Å²) >= 11 is 0. The number of carbonyl (C=O) groups excluding carboxylic acids is 1. The minimum absolute atomic E-state index is 0.0656. The van der Waals surface area contributed by atoms with Crippen molar-refractivity contribution in [2.45, 2.75) is 51.5 Å². The fourth-order valence-corrected chi connectivity index (χ4v) is 2.17. The lowest BCUT2D eigenvalue weighted by atomic mass is 9.91. The van der Waals surface area contributed by atoms with Crippen LogP contribution in [0.5, 0.6) is 0 Å². The lowest BCUT2D eigenvalue weighted by Gasteiger charge is -2.14. The highest BCUT2D eigenvalue weighted by Crippen LogP contribution is 2.29. The molecule has 1 heterocycles. The number of unbranched alkanes of at least 4 members (excludes halogenated alkanes) is 2. The number of carbonyl (C=O) groups is 1. The third-order valence-electron chi connectivity index (χ3n) is 3.20. The third kappa shape index (κ3) is 4.15. The normalized spacial score (nSPS) is 12.3. The van der Waals surface area contributed by atoms with Crippen LogP contribution >= 0.6 is 0 Å². The van der Waals surface area contributed by atoms with Gasteiger partial charge >= 0.3 is 0 Å². The second-order valence-corrected chi connectivity index (χ2v) is 4.58. The number of furan rings is 1. The van der Waals surface area contributed by atoms with Crippen molar-refractivity contribution in [3.63, 3.8) is 0 Å². The lowest BCUT2D eigenvalue weighted by molar-refractivity contribution is -0.115. The molecule has 3 nitrogen and oxygen atoms in total. The molecule has 0 saturated heterocycles. The van der Waals surface area contributed by atoms with Crippen LogP contribution < -0.4 is 5.73 Å². The van der Waals surface area contributed by atoms with Crippen LogP contribution in [0.25, 0.3) is 0 Å². The van der Waals surface area contributed by atoms with Crippen molar-refractivity contribution in [1.29, 1.82) is 0 Å². The average Bonchev–Trinajstić information content (AvgIpc) is 2.85. The number of nitrogens with two attached hydrogens (primary N) is 1. The molecule has 0 aromatic carbocycles. The van der Waals surface area contributed by atoms with Gasteiger partial charge in [-0.1, -0.05) is 32.8 Å². The van der Waals surface area contributed by atoms with Gasteiger partial charge in [0.25, 0.3) is 0 Å². The number of ketones is 1. The van der Waals surface area contributed by atoms with Crippen molar-refractivity contribution in [2.75, 3.05) is 0 Å². The topological polar surface area (TPSA) is 56.2 Å². The summed E-state index contributed by atoms with van der Waals surface area (Å²) in [5, 5.41) is 0. The van der Waals surface area contributed by atoms with Crippen LogP contribution in [0.15, 0.2) is 29.4 Å². The van der Waals surface area contributed by atoms with E-state index in [1.165, 1.54) is 18.9 Å². The van der Waals surface area contributed by atoms with E-state index in [1.807, 2.05) is 6.07 Å². The molecule has 0 spiro atoms. The van der Waals surface area contributed by atoms with Crippen molar-refractivity contribution >= 4 is 5.78 Å². The first-order chi connectivity index (χ1) is 8.72. The molecule has 0 fully saturated rings. The molecule has 100 valence electrons. The molecule has 1 aromatic heterocycles. The van der Waals surface area contributed by atoms with Gasteiger partial charge in [-0.2, -0.15) is 0 Å². The molecule has 0 aliphatic rings. The van der Waals surface area contributed by atoms with Gasteiger partial charge in [-0.15, -0.1) is 0 Å². The molecule has 1 rings (SSSR count). The third-order valence-corrected chi connectivity index (χ3v) is 3.20. The van der Waals surface area contributed by atoms with Crippen LogP contribution in [0.4, 0.5) is 0 Å². The standard InChI is InChI=1S/C15H23NO2/c1-3-5-6-7-12(10-14(17)4-2)15-13(11-16)8-9-18-15/h4,8-9,12H,2-3,5-7,10-11,16H2,1H3. The first-order valence-corrected chi connectivity index (χ1v) is 6.64. The number of hydrogen-bond donors (Lipinski definition) is 1. The molecule has 1 aromatic rings. The summed E-state index contributed by atoms with van der Waals surface area (Å²) < 4.78 is 5.53. The Bertz CT molecular complexity index is 382. The summed E-state index contributed by atoms with van der Waals surface area (Å²) in [7, 11) is 0. The van der Waals surface area contributed by atoms with Crippen LogP contribution in [-0.2, 0) is 11.3 Å². The Kier molecular flexibility index (Phi) is 6.44. The van der Waals surface area contributed by atoms with Crippen molar-refractivity contribution in [3.05, 3.63) is 36.3 Å². The zero-order valence-electron chi connectivity index (χ0n) is 11.2. The van der Waals surface area contributed by atoms with Gasteiger partial charge in [0.1, 0.15) is 5.76 Å². The fourth-order valence-electron chi connectivity index (χ4n) is 2.17. The maximum atomic E-state index is 11.6. The first kappa shape index (κ1) is 14.7. The van der Waals surface area contributed by atoms with Crippen molar-refractivity contribution < 1.29 is 9.21 Å². The minimum Gasteiger partial charge on any atom is -0.469 e. The van der Waals surface area contributed by atoms with Gasteiger partial charge < -0.3 is 10.2 Å². The molecule has 1 atom stereocenters. The lowest BCUT2D eigenvalue weighted by Crippen LogP contribution is -2.08. The summed E-state index contributed by atoms with van der Waals surface area (Å²) in [4.78, 5) is 11.6. The summed E-state index contributed by atoms with van der Waals surface area (Å²) in [6.45, 7) is 6.15. The van der Waals surface area contributed by atoms with E-state index >= 15 is 0 Å². The van der Waals surface area contributed by atoms with Crippen LogP contribution in [0.2, 0.25) is 0 Å². The predicted molar refractivity (Wildman–Crippen MR) is 73.3 cm³/mol. The largest absolute Gasteiger partial charge is 0.469 e. The number of allylic oxidation sites excluding steroid dienone is 1. The second-order valence-electron chi connectivity index (χ2n) is 4.58. The Morgan fingerprint density at radius 3 is 2.94 bits per heavy atom. The van der Waals surface area contributed by atoms with E-state index in [0.717, 1.165) is 24.2 Å². The van der Waals surface area contributed by atoms with Crippen molar-refractivity contribution in [3.8, 4) is 0 Å². The SMILES string of the molecule is C=CC(=O)CC(CCCCC)c1occc1CN. The molecule has 0 aliphatic carbocycles. The summed E-state index contributed by atoms with van der Waals surface area (Å²) in [6, 6.07) is 1.89. The van der Waals surface area contributed by atoms with E-state index in [-0.39, 0.29) is 11.7 Å². The quantitative estimate of drug-likeness (QED) is 0.538. The van der Waals surface area contributed by atoms with Gasteiger partial charge in [0, 0.05) is 24.4 Å². The highest BCUT2D eigenvalue weighted by molar-refractivity contribution is 5.89. The minimum atomic E-state index is 0.0656. The van der Waals surface area contributed by atoms with E-state index in [9.17, 15) is 4.79 Å². The molecule has 0 bridgehead atoms. The van der Waals surface area contributed by atoms with Crippen LogP contribution in [0, 0.1) is 0 Å². The Hall–Kier alpha value is -1.35. The van der Waals surface area contributed by atoms with Crippen LogP contribution in [-0.4, -0.2) is 5.78 Å². The zero-order chi connectivity index (χ0) is 13.4. The van der Waals surface area contributed by atoms with Crippen LogP contribution in [0.3, 0.4) is 0 Å². The average molecular weight is 249 g/mol. The van der Waals surface area contributed by atoms with Gasteiger partial charge in [-0.05, 0) is 18.6 Å². The van der Waals surface area contributed by atoms with E-state index in [2.05, 4.69) is 13.5 Å². The molecule has 0 amide bonds. The Morgan fingerprint density at radius 1 is 1.56 bits per heavy atom. The van der Waals surface area contributed by atoms with Crippen molar-refractivity contribution in [2.24, 2.45) is 5.73 Å². The van der Waals surface area contributed by atoms with Gasteiger partial charge in [-0.25, -0.2) is 0 Å². The molecule has 1 unspecified atom stereocenters. The zero-order valence-corrected chi connectivity index (χ0v) is 11.2. The monoisotopic (exact) mass is 249 g/mol. The Labute approximate surface area is 109 Å². The summed E-state index contributed by atoms with van der Waals surface area (Å²) in [6.07, 6.45) is 7.93. The molecule has 3 heteroatoms. The van der Waals surface area contributed by atoms with E-state index in [0.29, 0.717) is 13.0 Å². The van der Waals surface area contributed by atoms with Crippen molar-refractivity contribution in [1.82, 2.24) is 0 Å². The maximum Gasteiger partial charge on any atom is 0.155 e. The van der Waals surface area contributed by atoms with Gasteiger partial charge in [0.15, 0.2) is 5.78 Å². The van der Waals surface area contributed by atoms with Gasteiger partial charge in [-0.3, -0.25) is 4.79 Å². The molecule has 0 aliphatic heterocycles. The van der Waals surface area contributed by atoms with Gasteiger partial charge in [0.05, 0.1) is 6.26 Å². The number of hydrogen-bond acceptors (Lipinski definition) is 3. The predicted octanol–water partition coefficient (Wildman–Crippen LogP) is 3.55. The molecular weight excluding hydrogens is 226 g/mol. The fraction of sp³-hybridized carbons (Fsp3) is 0.533. The smallest absolute Gasteiger partial charge is 0.155 e. The number of rotatable bonds is 9.